The summed E-state index contributed by atoms with van der Waals surface area (Å²) in [6.45, 7) is 0. The van der Waals surface area contributed by atoms with Gasteiger partial charge in [0.15, 0.2) is 16.6 Å². The highest BCUT2D eigenvalue weighted by molar-refractivity contribution is 6.16. The molecule has 0 atom stereocenters. The minimum absolute atomic E-state index is 0.545. The summed E-state index contributed by atoms with van der Waals surface area (Å²) < 4.78 is 16.3. The first kappa shape index (κ1) is 30.5. The Bertz CT molecular complexity index is 3530. The monoisotopic (exact) mass is 723 g/mol. The lowest BCUT2D eigenvalue weighted by Gasteiger charge is -2.25. The van der Waals surface area contributed by atoms with E-state index in [9.17, 15) is 0 Å². The Morgan fingerprint density at radius 1 is 0.321 bits per heavy atom. The van der Waals surface area contributed by atoms with Gasteiger partial charge in [0.1, 0.15) is 16.6 Å². The van der Waals surface area contributed by atoms with E-state index in [4.69, 9.17) is 13.9 Å². The highest BCUT2D eigenvalue weighted by Gasteiger charge is 2.27. The van der Waals surface area contributed by atoms with E-state index in [0.717, 1.165) is 43.8 Å². The SMILES string of the molecule is c1ccc2c(c1)ccc1ccc(-c3ccc(N(c4cccc5nonc45)c4ccc(-c5cccc6c5ccc5ccccc56)c5nonc45)c4nonc34)cc12. The van der Waals surface area contributed by atoms with Crippen LogP contribution in [0, 0.1) is 0 Å². The quantitative estimate of drug-likeness (QED) is 0.159. The fourth-order valence-corrected chi connectivity index (χ4v) is 8.32. The van der Waals surface area contributed by atoms with Crippen molar-refractivity contribution >= 4 is 93.3 Å². The molecule has 0 aliphatic heterocycles. The average Bonchev–Trinajstić information content (AvgIpc) is 4.06. The second-order valence-corrected chi connectivity index (χ2v) is 13.8. The molecule has 10 nitrogen and oxygen atoms in total. The zero-order valence-electron chi connectivity index (χ0n) is 29.3. The maximum Gasteiger partial charge on any atom is 0.159 e. The van der Waals surface area contributed by atoms with E-state index in [-0.39, 0.29) is 0 Å². The van der Waals surface area contributed by atoms with Gasteiger partial charge in [-0.15, -0.1) is 0 Å². The van der Waals surface area contributed by atoms with Crippen LogP contribution in [0.2, 0.25) is 0 Å². The van der Waals surface area contributed by atoms with E-state index in [2.05, 4.69) is 152 Å². The Hall–Kier alpha value is -7.98. The second-order valence-electron chi connectivity index (χ2n) is 13.8. The number of hydrogen-bond acceptors (Lipinski definition) is 10. The lowest BCUT2D eigenvalue weighted by molar-refractivity contribution is 0.315. The van der Waals surface area contributed by atoms with Crippen LogP contribution in [-0.4, -0.2) is 30.9 Å². The smallest absolute Gasteiger partial charge is 0.159 e. The number of benzene rings is 9. The van der Waals surface area contributed by atoms with Gasteiger partial charge in [-0.25, -0.2) is 13.9 Å². The molecule has 3 heterocycles. The molecule has 0 radical (unpaired) electrons. The molecule has 0 bridgehead atoms. The second kappa shape index (κ2) is 11.8. The molecule has 12 rings (SSSR count). The van der Waals surface area contributed by atoms with Gasteiger partial charge in [0, 0.05) is 11.1 Å². The highest BCUT2D eigenvalue weighted by Crippen LogP contribution is 2.47. The molecular weight excluding hydrogens is 699 g/mol. The van der Waals surface area contributed by atoms with Crippen LogP contribution in [0.3, 0.4) is 0 Å². The molecule has 0 aliphatic rings. The van der Waals surface area contributed by atoms with E-state index in [1.165, 1.54) is 21.5 Å². The lowest BCUT2D eigenvalue weighted by Crippen LogP contribution is -2.12. The molecule has 0 N–H and O–H groups in total. The van der Waals surface area contributed by atoms with Gasteiger partial charge in [0.2, 0.25) is 0 Å². The summed E-state index contributed by atoms with van der Waals surface area (Å²) in [5.41, 5.74) is 9.28. The Morgan fingerprint density at radius 3 is 1.66 bits per heavy atom. The summed E-state index contributed by atoms with van der Waals surface area (Å²) in [6.07, 6.45) is 0. The molecule has 10 heteroatoms. The predicted octanol–water partition coefficient (Wildman–Crippen LogP) is 11.7. The average molecular weight is 724 g/mol. The highest BCUT2D eigenvalue weighted by atomic mass is 16.6. The van der Waals surface area contributed by atoms with Gasteiger partial charge in [-0.3, -0.25) is 0 Å². The third kappa shape index (κ3) is 4.44. The van der Waals surface area contributed by atoms with E-state index in [0.29, 0.717) is 50.2 Å². The molecule has 9 aromatic carbocycles. The minimum atomic E-state index is 0.545. The summed E-state index contributed by atoms with van der Waals surface area (Å²) in [6, 6.07) is 52.1. The van der Waals surface area contributed by atoms with Crippen molar-refractivity contribution in [2.45, 2.75) is 0 Å². The van der Waals surface area contributed by atoms with Crippen LogP contribution in [0.25, 0.3) is 98.4 Å². The van der Waals surface area contributed by atoms with Gasteiger partial charge < -0.3 is 4.90 Å². The van der Waals surface area contributed by atoms with Gasteiger partial charge in [-0.2, -0.15) is 0 Å². The molecule has 0 fully saturated rings. The largest absolute Gasteiger partial charge is 0.303 e. The lowest BCUT2D eigenvalue weighted by atomic mass is 9.93. The van der Waals surface area contributed by atoms with Crippen molar-refractivity contribution in [3.63, 3.8) is 0 Å². The van der Waals surface area contributed by atoms with Gasteiger partial charge in [0.05, 0.1) is 17.1 Å². The maximum absolute atomic E-state index is 5.54. The third-order valence-corrected chi connectivity index (χ3v) is 10.9. The topological polar surface area (TPSA) is 120 Å². The van der Waals surface area contributed by atoms with E-state index < -0.39 is 0 Å². The number of nitrogens with zero attached hydrogens (tertiary/aromatic N) is 7. The maximum atomic E-state index is 5.54. The normalized spacial score (nSPS) is 11.9. The number of rotatable bonds is 5. The molecule has 262 valence electrons. The fourth-order valence-electron chi connectivity index (χ4n) is 8.32. The number of hydrogen-bond donors (Lipinski definition) is 0. The Labute approximate surface area is 316 Å². The van der Waals surface area contributed by atoms with Crippen LogP contribution in [0.1, 0.15) is 0 Å². The van der Waals surface area contributed by atoms with E-state index in [1.54, 1.807) is 0 Å². The van der Waals surface area contributed by atoms with Crippen LogP contribution in [0.5, 0.6) is 0 Å². The van der Waals surface area contributed by atoms with Crippen LogP contribution < -0.4 is 4.90 Å². The summed E-state index contributed by atoms with van der Waals surface area (Å²) in [4.78, 5) is 2.02. The van der Waals surface area contributed by atoms with Gasteiger partial charge in [-0.1, -0.05) is 109 Å². The van der Waals surface area contributed by atoms with Crippen molar-refractivity contribution in [1.29, 1.82) is 0 Å². The van der Waals surface area contributed by atoms with Gasteiger partial charge >= 0.3 is 0 Å². The van der Waals surface area contributed by atoms with E-state index >= 15 is 0 Å². The summed E-state index contributed by atoms with van der Waals surface area (Å²) in [7, 11) is 0. The first-order valence-electron chi connectivity index (χ1n) is 18.1. The van der Waals surface area contributed by atoms with Crippen molar-refractivity contribution in [2.24, 2.45) is 0 Å². The van der Waals surface area contributed by atoms with Crippen molar-refractivity contribution < 1.29 is 13.9 Å². The van der Waals surface area contributed by atoms with Crippen molar-refractivity contribution in [3.8, 4) is 22.3 Å². The molecule has 56 heavy (non-hydrogen) atoms. The molecule has 0 saturated carbocycles. The van der Waals surface area contributed by atoms with Crippen LogP contribution in [0.4, 0.5) is 17.1 Å². The molecule has 12 aromatic rings. The third-order valence-electron chi connectivity index (χ3n) is 10.9. The first-order chi connectivity index (χ1) is 27.8. The van der Waals surface area contributed by atoms with Gasteiger partial charge in [0.25, 0.3) is 0 Å². The molecule has 0 aliphatic carbocycles. The van der Waals surface area contributed by atoms with Crippen LogP contribution >= 0.6 is 0 Å². The molecular formula is C46H25N7O3. The Morgan fingerprint density at radius 2 is 0.875 bits per heavy atom. The Kier molecular flexibility index (Phi) is 6.40. The number of anilines is 3. The first-order valence-corrected chi connectivity index (χ1v) is 18.1. The van der Waals surface area contributed by atoms with Crippen LogP contribution in [0.15, 0.2) is 166 Å². The molecule has 0 amide bonds. The number of fused-ring (bicyclic) bond motifs is 9. The number of aromatic nitrogens is 6. The fraction of sp³-hybridized carbons (Fsp3) is 0. The molecule has 3 aromatic heterocycles. The molecule has 0 unspecified atom stereocenters. The Balaban J connectivity index is 1.07. The van der Waals surface area contributed by atoms with E-state index in [1.807, 2.05) is 35.2 Å². The summed E-state index contributed by atoms with van der Waals surface area (Å²) in [5, 5.41) is 35.8. The summed E-state index contributed by atoms with van der Waals surface area (Å²) in [5.74, 6) is 0. The zero-order valence-corrected chi connectivity index (χ0v) is 29.3. The van der Waals surface area contributed by atoms with Gasteiger partial charge in [-0.05, 0) is 128 Å². The molecule has 0 spiro atoms. The molecule has 0 saturated heterocycles. The predicted molar refractivity (Wildman–Crippen MR) is 218 cm³/mol. The standard InChI is InChI=1S/C46H25N7O3/c1-3-9-30-27(8-1)19-20-35-33(30)11-5-12-34(35)36-22-24-41(46-43(36)49-56-52-46)53(39-14-6-13-38-44(39)50-54-47-38)40-23-21-32(42-45(40)51-55-48-42)29-18-17-28-16-15-26-7-2-4-10-31(26)37(28)25-29/h1-25H. The minimum Gasteiger partial charge on any atom is -0.303 e. The van der Waals surface area contributed by atoms with Crippen LogP contribution in [-0.2, 0) is 0 Å². The van der Waals surface area contributed by atoms with Crippen molar-refractivity contribution in [1.82, 2.24) is 30.9 Å². The zero-order chi connectivity index (χ0) is 36.7. The van der Waals surface area contributed by atoms with Crippen molar-refractivity contribution in [3.05, 3.63) is 152 Å². The summed E-state index contributed by atoms with van der Waals surface area (Å²) >= 11 is 0. The van der Waals surface area contributed by atoms with Crippen molar-refractivity contribution in [2.75, 3.05) is 4.90 Å².